The maximum absolute atomic E-state index is 9.93. The van der Waals surface area contributed by atoms with Crippen LogP contribution in [0.4, 0.5) is 11.4 Å². The van der Waals surface area contributed by atoms with E-state index >= 15 is 0 Å². The highest BCUT2D eigenvalue weighted by Gasteiger charge is 2.04. The quantitative estimate of drug-likeness (QED) is 0.581. The molecule has 0 bridgehead atoms. The normalized spacial score (nSPS) is 11.0. The fraction of sp³-hybridized carbons (Fsp3) is 0. The van der Waals surface area contributed by atoms with E-state index < -0.39 is 0 Å². The summed E-state index contributed by atoms with van der Waals surface area (Å²) in [6, 6.07) is 22.3. The van der Waals surface area contributed by atoms with E-state index in [1.54, 1.807) is 36.4 Å². The summed E-state index contributed by atoms with van der Waals surface area (Å²) in [6.07, 6.45) is 0. The lowest BCUT2D eigenvalue weighted by Gasteiger charge is -2.04. The van der Waals surface area contributed by atoms with Gasteiger partial charge in [-0.3, -0.25) is 0 Å². The Bertz CT molecular complexity index is 816. The topological polar surface area (TPSA) is 45.0 Å². The van der Waals surface area contributed by atoms with Crippen LogP contribution in [0.2, 0.25) is 5.02 Å². The van der Waals surface area contributed by atoms with Gasteiger partial charge in [0.15, 0.2) is 0 Å². The Morgan fingerprint density at radius 3 is 2.32 bits per heavy atom. The highest BCUT2D eigenvalue weighted by atomic mass is 35.5. The first-order valence-electron chi connectivity index (χ1n) is 6.78. The van der Waals surface area contributed by atoms with Crippen molar-refractivity contribution in [2.75, 3.05) is 0 Å². The smallest absolute Gasteiger partial charge is 0.143 e. The van der Waals surface area contributed by atoms with Gasteiger partial charge < -0.3 is 5.11 Å². The summed E-state index contributed by atoms with van der Waals surface area (Å²) in [7, 11) is 0. The molecular formula is C18H13ClN2O. The molecule has 0 amide bonds. The molecule has 0 saturated carbocycles. The van der Waals surface area contributed by atoms with Crippen molar-refractivity contribution in [1.29, 1.82) is 0 Å². The van der Waals surface area contributed by atoms with E-state index in [9.17, 15) is 5.11 Å². The van der Waals surface area contributed by atoms with Crippen LogP contribution in [0, 0.1) is 0 Å². The van der Waals surface area contributed by atoms with Crippen molar-refractivity contribution >= 4 is 23.0 Å². The number of rotatable bonds is 3. The van der Waals surface area contributed by atoms with E-state index in [0.717, 1.165) is 11.1 Å². The van der Waals surface area contributed by atoms with E-state index in [1.165, 1.54) is 0 Å². The van der Waals surface area contributed by atoms with Gasteiger partial charge in [-0.2, -0.15) is 5.11 Å². The highest BCUT2D eigenvalue weighted by Crippen LogP contribution is 2.33. The third-order valence-corrected chi connectivity index (χ3v) is 3.40. The Kier molecular flexibility index (Phi) is 4.17. The first-order chi connectivity index (χ1) is 10.7. The molecule has 4 heteroatoms. The molecule has 3 nitrogen and oxygen atoms in total. The summed E-state index contributed by atoms with van der Waals surface area (Å²) >= 11 is 5.91. The van der Waals surface area contributed by atoms with Crippen LogP contribution in [0.3, 0.4) is 0 Å². The first kappa shape index (κ1) is 14.3. The molecule has 0 aliphatic carbocycles. The SMILES string of the molecule is Oc1ccc(-c2ccccc2)cc1N=Nc1cccc(Cl)c1. The molecule has 0 radical (unpaired) electrons. The van der Waals surface area contributed by atoms with Crippen LogP contribution >= 0.6 is 11.6 Å². The summed E-state index contributed by atoms with van der Waals surface area (Å²) in [6.45, 7) is 0. The lowest BCUT2D eigenvalue weighted by molar-refractivity contribution is 0.476. The maximum Gasteiger partial charge on any atom is 0.143 e. The fourth-order valence-corrected chi connectivity index (χ4v) is 2.25. The summed E-state index contributed by atoms with van der Waals surface area (Å²) in [4.78, 5) is 0. The Hall–Kier alpha value is -2.65. The second-order valence-electron chi connectivity index (χ2n) is 4.75. The fourth-order valence-electron chi connectivity index (χ4n) is 2.06. The molecule has 22 heavy (non-hydrogen) atoms. The Morgan fingerprint density at radius 2 is 1.55 bits per heavy atom. The second-order valence-corrected chi connectivity index (χ2v) is 5.19. The monoisotopic (exact) mass is 308 g/mol. The molecule has 1 N–H and O–H groups in total. The zero-order chi connectivity index (χ0) is 15.4. The first-order valence-corrected chi connectivity index (χ1v) is 7.16. The van der Waals surface area contributed by atoms with Gasteiger partial charge in [0.25, 0.3) is 0 Å². The van der Waals surface area contributed by atoms with Crippen LogP contribution in [0.1, 0.15) is 0 Å². The van der Waals surface area contributed by atoms with Crippen molar-refractivity contribution in [2.45, 2.75) is 0 Å². The molecule has 0 aromatic heterocycles. The third kappa shape index (κ3) is 3.32. The molecule has 3 aromatic carbocycles. The number of aromatic hydroxyl groups is 1. The van der Waals surface area contributed by atoms with Crippen molar-refractivity contribution in [3.05, 3.63) is 77.8 Å². The van der Waals surface area contributed by atoms with Crippen molar-refractivity contribution in [1.82, 2.24) is 0 Å². The highest BCUT2D eigenvalue weighted by molar-refractivity contribution is 6.30. The van der Waals surface area contributed by atoms with Crippen LogP contribution < -0.4 is 0 Å². The van der Waals surface area contributed by atoms with Gasteiger partial charge in [0, 0.05) is 5.02 Å². The van der Waals surface area contributed by atoms with Crippen molar-refractivity contribution in [3.63, 3.8) is 0 Å². The number of benzene rings is 3. The molecule has 0 atom stereocenters. The van der Waals surface area contributed by atoms with E-state index in [1.807, 2.05) is 36.4 Å². The molecule has 0 heterocycles. The van der Waals surface area contributed by atoms with Gasteiger partial charge in [-0.05, 0) is 41.5 Å². The molecule has 3 aromatic rings. The maximum atomic E-state index is 9.93. The van der Waals surface area contributed by atoms with Gasteiger partial charge in [0.1, 0.15) is 11.4 Å². The van der Waals surface area contributed by atoms with Crippen LogP contribution in [-0.4, -0.2) is 5.11 Å². The lowest BCUT2D eigenvalue weighted by atomic mass is 10.1. The summed E-state index contributed by atoms with van der Waals surface area (Å²) < 4.78 is 0. The molecule has 0 unspecified atom stereocenters. The van der Waals surface area contributed by atoms with Gasteiger partial charge in [0.2, 0.25) is 0 Å². The molecular weight excluding hydrogens is 296 g/mol. The molecule has 0 saturated heterocycles. The van der Waals surface area contributed by atoms with E-state index in [4.69, 9.17) is 11.6 Å². The molecule has 0 aliphatic rings. The Labute approximate surface area is 133 Å². The van der Waals surface area contributed by atoms with Crippen LogP contribution in [0.25, 0.3) is 11.1 Å². The van der Waals surface area contributed by atoms with E-state index in [2.05, 4.69) is 10.2 Å². The zero-order valence-corrected chi connectivity index (χ0v) is 12.4. The zero-order valence-electron chi connectivity index (χ0n) is 11.6. The van der Waals surface area contributed by atoms with E-state index in [-0.39, 0.29) is 5.75 Å². The average Bonchev–Trinajstić information content (AvgIpc) is 2.55. The second kappa shape index (κ2) is 6.41. The predicted molar refractivity (Wildman–Crippen MR) is 89.2 cm³/mol. The van der Waals surface area contributed by atoms with Gasteiger partial charge >= 0.3 is 0 Å². The van der Waals surface area contributed by atoms with E-state index in [0.29, 0.717) is 16.4 Å². The Balaban J connectivity index is 1.94. The lowest BCUT2D eigenvalue weighted by Crippen LogP contribution is -1.77. The largest absolute Gasteiger partial charge is 0.506 e. The summed E-state index contributed by atoms with van der Waals surface area (Å²) in [5.74, 6) is 0.0884. The molecule has 0 fully saturated rings. The summed E-state index contributed by atoms with van der Waals surface area (Å²) in [5.41, 5.74) is 3.08. The number of hydrogen-bond acceptors (Lipinski definition) is 3. The van der Waals surface area contributed by atoms with Crippen LogP contribution in [-0.2, 0) is 0 Å². The minimum absolute atomic E-state index is 0.0884. The number of azo groups is 1. The van der Waals surface area contributed by atoms with Crippen LogP contribution in [0.15, 0.2) is 83.0 Å². The summed E-state index contributed by atoms with van der Waals surface area (Å²) in [5, 5.41) is 18.8. The molecule has 0 aliphatic heterocycles. The standard InChI is InChI=1S/C18H13ClN2O/c19-15-7-4-8-16(12-15)20-21-17-11-14(9-10-18(17)22)13-5-2-1-3-6-13/h1-12,22H. The van der Waals surface area contributed by atoms with Crippen LogP contribution in [0.5, 0.6) is 5.75 Å². The number of hydrogen-bond donors (Lipinski definition) is 1. The molecule has 0 spiro atoms. The minimum Gasteiger partial charge on any atom is -0.506 e. The Morgan fingerprint density at radius 1 is 0.727 bits per heavy atom. The van der Waals surface area contributed by atoms with Crippen molar-refractivity contribution in [2.24, 2.45) is 10.2 Å². The van der Waals surface area contributed by atoms with Gasteiger partial charge in [-0.15, -0.1) is 5.11 Å². The van der Waals surface area contributed by atoms with Crippen molar-refractivity contribution in [3.8, 4) is 16.9 Å². The number of phenols is 1. The van der Waals surface area contributed by atoms with Gasteiger partial charge in [0.05, 0.1) is 5.69 Å². The van der Waals surface area contributed by atoms with Gasteiger partial charge in [-0.1, -0.05) is 54.1 Å². The third-order valence-electron chi connectivity index (χ3n) is 3.16. The minimum atomic E-state index is 0.0884. The molecule has 3 rings (SSSR count). The van der Waals surface area contributed by atoms with Crippen molar-refractivity contribution < 1.29 is 5.11 Å². The average molecular weight is 309 g/mol. The number of nitrogens with zero attached hydrogens (tertiary/aromatic N) is 2. The number of phenolic OH excluding ortho intramolecular Hbond substituents is 1. The van der Waals surface area contributed by atoms with Gasteiger partial charge in [-0.25, -0.2) is 0 Å². The predicted octanol–water partition coefficient (Wildman–Crippen LogP) is 6.13. The molecule has 108 valence electrons. The number of halogens is 1.